The third-order valence-corrected chi connectivity index (χ3v) is 6.81. The normalized spacial score (nSPS) is 11.0. The van der Waals surface area contributed by atoms with Gasteiger partial charge >= 0.3 is 0 Å². The fraction of sp³-hybridized carbons (Fsp3) is 0.240. The second-order valence-corrected chi connectivity index (χ2v) is 9.20. The van der Waals surface area contributed by atoms with Gasteiger partial charge in [-0.15, -0.1) is 0 Å². The minimum Gasteiger partial charge on any atom is -0.497 e. The Balaban J connectivity index is 1.74. The van der Waals surface area contributed by atoms with Gasteiger partial charge in [-0.1, -0.05) is 12.1 Å². The first-order chi connectivity index (χ1) is 16.3. The fourth-order valence-electron chi connectivity index (χ4n) is 3.25. The summed E-state index contributed by atoms with van der Waals surface area (Å²) in [5.41, 5.74) is 1.18. The fourth-order valence-corrected chi connectivity index (χ4v) is 4.67. The van der Waals surface area contributed by atoms with E-state index in [1.54, 1.807) is 19.2 Å². The number of carbonyl (C=O) groups is 1. The predicted molar refractivity (Wildman–Crippen MR) is 128 cm³/mol. The van der Waals surface area contributed by atoms with E-state index in [0.717, 1.165) is 27.8 Å². The van der Waals surface area contributed by atoms with Crippen molar-refractivity contribution in [2.45, 2.75) is 18.2 Å². The Labute approximate surface area is 199 Å². The summed E-state index contributed by atoms with van der Waals surface area (Å²) in [6, 6.07) is 18.3. The minimum atomic E-state index is -4.10. The molecule has 7 nitrogen and oxygen atoms in total. The molecule has 0 heterocycles. The molecule has 0 aliphatic rings. The highest BCUT2D eigenvalue weighted by molar-refractivity contribution is 7.92. The van der Waals surface area contributed by atoms with Gasteiger partial charge in [0.15, 0.2) is 0 Å². The summed E-state index contributed by atoms with van der Waals surface area (Å²) < 4.78 is 51.7. The summed E-state index contributed by atoms with van der Waals surface area (Å²) in [6.45, 7) is 2.15. The molecule has 0 fully saturated rings. The number of anilines is 1. The van der Waals surface area contributed by atoms with Crippen molar-refractivity contribution in [1.82, 2.24) is 5.32 Å². The van der Waals surface area contributed by atoms with Crippen LogP contribution in [-0.4, -0.2) is 41.1 Å². The molecule has 0 bridgehead atoms. The van der Waals surface area contributed by atoms with Crippen molar-refractivity contribution < 1.29 is 27.1 Å². The number of hydrogen-bond acceptors (Lipinski definition) is 5. The van der Waals surface area contributed by atoms with E-state index >= 15 is 0 Å². The lowest BCUT2D eigenvalue weighted by molar-refractivity contribution is -0.119. The summed E-state index contributed by atoms with van der Waals surface area (Å²) in [6.07, 6.45) is 0.567. The minimum absolute atomic E-state index is 0.00805. The van der Waals surface area contributed by atoms with Crippen LogP contribution >= 0.6 is 0 Å². The van der Waals surface area contributed by atoms with Crippen molar-refractivity contribution in [2.24, 2.45) is 0 Å². The average molecular weight is 487 g/mol. The molecule has 0 unspecified atom stereocenters. The molecule has 1 amide bonds. The largest absolute Gasteiger partial charge is 0.497 e. The number of carbonyl (C=O) groups excluding carboxylic acids is 1. The smallest absolute Gasteiger partial charge is 0.264 e. The molecule has 1 N–H and O–H groups in total. The molecule has 0 aliphatic heterocycles. The van der Waals surface area contributed by atoms with Crippen LogP contribution in [0.25, 0.3) is 0 Å². The van der Waals surface area contributed by atoms with Crippen LogP contribution in [0.4, 0.5) is 10.1 Å². The molecule has 0 atom stereocenters. The number of hydrogen-bond donors (Lipinski definition) is 1. The second kappa shape index (κ2) is 11.5. The SMILES string of the molecule is CCOc1ccc(S(=O)(=O)N(CC(=O)NCCc2ccc(OC)cc2)c2ccc(F)cc2)cc1. The average Bonchev–Trinajstić information content (AvgIpc) is 2.84. The van der Waals surface area contributed by atoms with Crippen molar-refractivity contribution in [3.8, 4) is 11.5 Å². The zero-order valence-corrected chi connectivity index (χ0v) is 19.8. The highest BCUT2D eigenvalue weighted by Crippen LogP contribution is 2.25. The van der Waals surface area contributed by atoms with Gasteiger partial charge in [-0.3, -0.25) is 9.10 Å². The van der Waals surface area contributed by atoms with Gasteiger partial charge in [0.2, 0.25) is 5.91 Å². The van der Waals surface area contributed by atoms with Gasteiger partial charge < -0.3 is 14.8 Å². The van der Waals surface area contributed by atoms with Gasteiger partial charge in [0.25, 0.3) is 10.0 Å². The molecule has 3 rings (SSSR count). The summed E-state index contributed by atoms with van der Waals surface area (Å²) in [4.78, 5) is 12.7. The Kier molecular flexibility index (Phi) is 8.48. The molecular formula is C25H27FN2O5S. The van der Waals surface area contributed by atoms with Gasteiger partial charge in [-0.2, -0.15) is 0 Å². The Morgan fingerprint density at radius 2 is 1.56 bits per heavy atom. The molecule has 0 saturated carbocycles. The highest BCUT2D eigenvalue weighted by Gasteiger charge is 2.27. The van der Waals surface area contributed by atoms with E-state index in [4.69, 9.17) is 9.47 Å². The molecule has 0 saturated heterocycles. The monoisotopic (exact) mass is 486 g/mol. The van der Waals surface area contributed by atoms with Crippen molar-refractivity contribution in [2.75, 3.05) is 31.1 Å². The van der Waals surface area contributed by atoms with Gasteiger partial charge in [-0.05, 0) is 79.6 Å². The lowest BCUT2D eigenvalue weighted by Crippen LogP contribution is -2.41. The van der Waals surface area contributed by atoms with Crippen LogP contribution in [0.5, 0.6) is 11.5 Å². The van der Waals surface area contributed by atoms with E-state index in [9.17, 15) is 17.6 Å². The lowest BCUT2D eigenvalue weighted by Gasteiger charge is -2.24. The van der Waals surface area contributed by atoms with Crippen LogP contribution < -0.4 is 19.1 Å². The molecule has 34 heavy (non-hydrogen) atoms. The van der Waals surface area contributed by atoms with E-state index in [2.05, 4.69) is 5.32 Å². The third-order valence-electron chi connectivity index (χ3n) is 5.02. The summed E-state index contributed by atoms with van der Waals surface area (Å²) in [7, 11) is -2.51. The van der Waals surface area contributed by atoms with Crippen molar-refractivity contribution in [3.63, 3.8) is 0 Å². The van der Waals surface area contributed by atoms with Crippen LogP contribution in [0.1, 0.15) is 12.5 Å². The van der Waals surface area contributed by atoms with Gasteiger partial charge in [0, 0.05) is 6.54 Å². The molecule has 180 valence electrons. The Morgan fingerprint density at radius 3 is 2.15 bits per heavy atom. The summed E-state index contributed by atoms with van der Waals surface area (Å²) >= 11 is 0. The first-order valence-corrected chi connectivity index (χ1v) is 12.2. The lowest BCUT2D eigenvalue weighted by atomic mass is 10.1. The first-order valence-electron chi connectivity index (χ1n) is 10.7. The molecule has 9 heteroatoms. The van der Waals surface area contributed by atoms with Gasteiger partial charge in [0.1, 0.15) is 23.9 Å². The third kappa shape index (κ3) is 6.48. The first kappa shape index (κ1) is 25.0. The molecular weight excluding hydrogens is 459 g/mol. The van der Waals surface area contributed by atoms with Crippen LogP contribution in [0.3, 0.4) is 0 Å². The molecule has 0 aliphatic carbocycles. The standard InChI is InChI=1S/C25H27FN2O5S/c1-3-33-23-12-14-24(15-13-23)34(30,31)28(21-8-6-20(26)7-9-21)18-25(29)27-17-16-19-4-10-22(32-2)11-5-19/h4-15H,3,16-18H2,1-2H3,(H,27,29). The zero-order chi connectivity index (χ0) is 24.6. The zero-order valence-electron chi connectivity index (χ0n) is 19.0. The number of methoxy groups -OCH3 is 1. The van der Waals surface area contributed by atoms with E-state index in [1.165, 1.54) is 24.3 Å². The van der Waals surface area contributed by atoms with Crippen molar-refractivity contribution >= 4 is 21.6 Å². The van der Waals surface area contributed by atoms with Crippen LogP contribution in [0.2, 0.25) is 0 Å². The van der Waals surface area contributed by atoms with E-state index < -0.39 is 28.3 Å². The number of benzene rings is 3. The number of halogens is 1. The van der Waals surface area contributed by atoms with Crippen molar-refractivity contribution in [3.05, 3.63) is 84.2 Å². The Morgan fingerprint density at radius 1 is 0.941 bits per heavy atom. The Bertz CT molecular complexity index is 1180. The molecule has 3 aromatic rings. The highest BCUT2D eigenvalue weighted by atomic mass is 32.2. The number of sulfonamides is 1. The molecule has 0 spiro atoms. The van der Waals surface area contributed by atoms with E-state index in [-0.39, 0.29) is 10.6 Å². The van der Waals surface area contributed by atoms with E-state index in [1.807, 2.05) is 31.2 Å². The molecule has 3 aromatic carbocycles. The maximum Gasteiger partial charge on any atom is 0.264 e. The quantitative estimate of drug-likeness (QED) is 0.446. The van der Waals surface area contributed by atoms with Gasteiger partial charge in [0.05, 0.1) is 24.3 Å². The Hall–Kier alpha value is -3.59. The van der Waals surface area contributed by atoms with Crippen LogP contribution in [0.15, 0.2) is 77.7 Å². The second-order valence-electron chi connectivity index (χ2n) is 7.34. The topological polar surface area (TPSA) is 84.9 Å². The number of amides is 1. The van der Waals surface area contributed by atoms with Crippen LogP contribution in [0, 0.1) is 5.82 Å². The maximum atomic E-state index is 13.5. The summed E-state index contributed by atoms with van der Waals surface area (Å²) in [5, 5.41) is 2.75. The number of nitrogens with zero attached hydrogens (tertiary/aromatic N) is 1. The number of nitrogens with one attached hydrogen (secondary N) is 1. The van der Waals surface area contributed by atoms with Gasteiger partial charge in [-0.25, -0.2) is 12.8 Å². The van der Waals surface area contributed by atoms with Crippen molar-refractivity contribution in [1.29, 1.82) is 0 Å². The maximum absolute atomic E-state index is 13.5. The molecule has 0 radical (unpaired) electrons. The number of rotatable bonds is 11. The molecule has 0 aromatic heterocycles. The summed E-state index contributed by atoms with van der Waals surface area (Å²) in [5.74, 6) is 0.284. The predicted octanol–water partition coefficient (Wildman–Crippen LogP) is 3.79. The number of ether oxygens (including phenoxy) is 2. The van der Waals surface area contributed by atoms with E-state index in [0.29, 0.717) is 25.3 Å². The van der Waals surface area contributed by atoms with Crippen LogP contribution in [-0.2, 0) is 21.2 Å².